The van der Waals surface area contributed by atoms with Gasteiger partial charge in [0.05, 0.1) is 6.61 Å². The van der Waals surface area contributed by atoms with Crippen molar-refractivity contribution in [1.29, 1.82) is 0 Å². The molecule has 1 heterocycles. The highest BCUT2D eigenvalue weighted by Crippen LogP contribution is 2.30. The van der Waals surface area contributed by atoms with E-state index in [1.54, 1.807) is 7.11 Å². The molecule has 1 N–H and O–H groups in total. The Morgan fingerprint density at radius 3 is 2.81 bits per heavy atom. The smallest absolute Gasteiger partial charge is 0.0587 e. The van der Waals surface area contributed by atoms with Crippen LogP contribution in [0.1, 0.15) is 25.8 Å². The van der Waals surface area contributed by atoms with Gasteiger partial charge in [0.25, 0.3) is 0 Å². The lowest BCUT2D eigenvalue weighted by Crippen LogP contribution is -2.38. The summed E-state index contributed by atoms with van der Waals surface area (Å²) in [6.07, 6.45) is 1.29. The first-order valence-corrected chi connectivity index (χ1v) is 8.64. The van der Waals surface area contributed by atoms with Crippen LogP contribution in [0.25, 0.3) is 0 Å². The van der Waals surface area contributed by atoms with Crippen molar-refractivity contribution in [3.05, 3.63) is 28.2 Å². The zero-order chi connectivity index (χ0) is 15.2. The molecule has 1 fully saturated rings. The molecule has 118 valence electrons. The van der Waals surface area contributed by atoms with Crippen LogP contribution < -0.4 is 10.2 Å². The minimum atomic E-state index is 0.750. The van der Waals surface area contributed by atoms with Crippen LogP contribution in [0.2, 0.25) is 0 Å². The quantitative estimate of drug-likeness (QED) is 0.788. The predicted octanol–water partition coefficient (Wildman–Crippen LogP) is 3.67. The largest absolute Gasteiger partial charge is 0.383 e. The summed E-state index contributed by atoms with van der Waals surface area (Å²) in [6, 6.07) is 6.73. The number of nitrogens with one attached hydrogen (secondary N) is 1. The van der Waals surface area contributed by atoms with Crippen LogP contribution in [0.15, 0.2) is 22.7 Å². The van der Waals surface area contributed by atoms with Crippen molar-refractivity contribution in [1.82, 2.24) is 5.32 Å². The molecule has 1 saturated heterocycles. The number of ether oxygens (including phenoxy) is 1. The molecule has 2 unspecified atom stereocenters. The molecule has 1 aromatic carbocycles. The van der Waals surface area contributed by atoms with Crippen molar-refractivity contribution in [2.75, 3.05) is 38.3 Å². The summed E-state index contributed by atoms with van der Waals surface area (Å²) < 4.78 is 6.24. The second-order valence-corrected chi connectivity index (χ2v) is 6.99. The number of halogens is 1. The Bertz CT molecular complexity index is 452. The fourth-order valence-corrected chi connectivity index (χ4v) is 3.28. The molecule has 1 aliphatic rings. The van der Waals surface area contributed by atoms with Gasteiger partial charge in [-0.1, -0.05) is 35.8 Å². The molecular formula is C17H27BrN2O. The van der Waals surface area contributed by atoms with Gasteiger partial charge in [0.1, 0.15) is 0 Å². The number of piperidine rings is 1. The molecular weight excluding hydrogens is 328 g/mol. The molecule has 0 bridgehead atoms. The lowest BCUT2D eigenvalue weighted by Gasteiger charge is -2.37. The zero-order valence-electron chi connectivity index (χ0n) is 13.4. The van der Waals surface area contributed by atoms with Gasteiger partial charge < -0.3 is 15.0 Å². The third-order valence-corrected chi connectivity index (χ3v) is 5.27. The van der Waals surface area contributed by atoms with E-state index in [-0.39, 0.29) is 0 Å². The average Bonchev–Trinajstić information content (AvgIpc) is 2.48. The van der Waals surface area contributed by atoms with Crippen LogP contribution in [-0.4, -0.2) is 33.4 Å². The zero-order valence-corrected chi connectivity index (χ0v) is 14.9. The number of anilines is 1. The van der Waals surface area contributed by atoms with Crippen LogP contribution in [0, 0.1) is 11.8 Å². The van der Waals surface area contributed by atoms with Crippen molar-refractivity contribution in [3.8, 4) is 0 Å². The van der Waals surface area contributed by atoms with E-state index in [1.807, 2.05) is 0 Å². The predicted molar refractivity (Wildman–Crippen MR) is 92.9 cm³/mol. The molecule has 2 atom stereocenters. The molecule has 0 radical (unpaired) electrons. The van der Waals surface area contributed by atoms with E-state index in [9.17, 15) is 0 Å². The van der Waals surface area contributed by atoms with E-state index in [4.69, 9.17) is 4.74 Å². The summed E-state index contributed by atoms with van der Waals surface area (Å²) in [6.45, 7) is 9.57. The third-order valence-electron chi connectivity index (χ3n) is 4.53. The minimum Gasteiger partial charge on any atom is -0.383 e. The summed E-state index contributed by atoms with van der Waals surface area (Å²) in [7, 11) is 1.73. The maximum absolute atomic E-state index is 5.05. The van der Waals surface area contributed by atoms with E-state index in [0.29, 0.717) is 0 Å². The number of hydrogen-bond donors (Lipinski definition) is 1. The van der Waals surface area contributed by atoms with E-state index >= 15 is 0 Å². The first-order valence-electron chi connectivity index (χ1n) is 7.85. The molecule has 0 aromatic heterocycles. The maximum atomic E-state index is 5.05. The molecule has 1 aromatic rings. The SMILES string of the molecule is COCCNCc1ccc(N2CCC(C)C(C)C2)cc1Br. The van der Waals surface area contributed by atoms with E-state index in [0.717, 1.165) is 31.5 Å². The number of rotatable bonds is 6. The van der Waals surface area contributed by atoms with Crippen LogP contribution in [-0.2, 0) is 11.3 Å². The Labute approximate surface area is 137 Å². The fourth-order valence-electron chi connectivity index (χ4n) is 2.77. The number of hydrogen-bond acceptors (Lipinski definition) is 3. The lowest BCUT2D eigenvalue weighted by molar-refractivity contribution is 0.199. The first kappa shape index (κ1) is 16.8. The van der Waals surface area contributed by atoms with E-state index in [2.05, 4.69) is 58.2 Å². The second kappa shape index (κ2) is 8.16. The van der Waals surface area contributed by atoms with E-state index in [1.165, 1.54) is 35.2 Å². The molecule has 0 saturated carbocycles. The third kappa shape index (κ3) is 4.70. The van der Waals surface area contributed by atoms with Gasteiger partial charge in [0.15, 0.2) is 0 Å². The fraction of sp³-hybridized carbons (Fsp3) is 0.647. The van der Waals surface area contributed by atoms with Crippen LogP contribution in [0.5, 0.6) is 0 Å². The van der Waals surface area contributed by atoms with E-state index < -0.39 is 0 Å². The van der Waals surface area contributed by atoms with Crippen molar-refractivity contribution in [2.24, 2.45) is 11.8 Å². The van der Waals surface area contributed by atoms with Gasteiger partial charge >= 0.3 is 0 Å². The number of benzene rings is 1. The number of methoxy groups -OCH3 is 1. The average molecular weight is 355 g/mol. The molecule has 3 nitrogen and oxygen atoms in total. The first-order chi connectivity index (χ1) is 10.1. The van der Waals surface area contributed by atoms with Gasteiger partial charge in [0.2, 0.25) is 0 Å². The Kier molecular flexibility index (Phi) is 6.52. The Hall–Kier alpha value is -0.580. The van der Waals surface area contributed by atoms with Gasteiger partial charge in [-0.2, -0.15) is 0 Å². The van der Waals surface area contributed by atoms with Crippen molar-refractivity contribution in [3.63, 3.8) is 0 Å². The molecule has 0 amide bonds. The van der Waals surface area contributed by atoms with Gasteiger partial charge in [-0.3, -0.25) is 0 Å². The lowest BCUT2D eigenvalue weighted by atomic mass is 9.88. The molecule has 21 heavy (non-hydrogen) atoms. The van der Waals surface area contributed by atoms with Crippen LogP contribution in [0.3, 0.4) is 0 Å². The van der Waals surface area contributed by atoms with Crippen LogP contribution in [0.4, 0.5) is 5.69 Å². The number of nitrogens with zero attached hydrogens (tertiary/aromatic N) is 1. The Balaban J connectivity index is 1.95. The Morgan fingerprint density at radius 2 is 2.14 bits per heavy atom. The summed E-state index contributed by atoms with van der Waals surface area (Å²) in [5, 5.41) is 3.39. The monoisotopic (exact) mass is 354 g/mol. The summed E-state index contributed by atoms with van der Waals surface area (Å²) >= 11 is 3.71. The highest BCUT2D eigenvalue weighted by Gasteiger charge is 2.23. The van der Waals surface area contributed by atoms with Crippen LogP contribution >= 0.6 is 15.9 Å². The van der Waals surface area contributed by atoms with Crippen molar-refractivity contribution in [2.45, 2.75) is 26.8 Å². The molecule has 2 rings (SSSR count). The van der Waals surface area contributed by atoms with Gasteiger partial charge in [-0.15, -0.1) is 0 Å². The molecule has 0 aliphatic carbocycles. The minimum absolute atomic E-state index is 0.750. The van der Waals surface area contributed by atoms with Crippen molar-refractivity contribution >= 4 is 21.6 Å². The summed E-state index contributed by atoms with van der Waals surface area (Å²) in [5.74, 6) is 1.61. The summed E-state index contributed by atoms with van der Waals surface area (Å²) in [4.78, 5) is 2.51. The highest BCUT2D eigenvalue weighted by molar-refractivity contribution is 9.10. The standard InChI is InChI=1S/C17H27BrN2O/c1-13-6-8-20(12-14(13)2)16-5-4-15(17(18)10-16)11-19-7-9-21-3/h4-5,10,13-14,19H,6-9,11-12H2,1-3H3. The molecule has 1 aliphatic heterocycles. The van der Waals surface area contributed by atoms with Gasteiger partial charge in [-0.25, -0.2) is 0 Å². The van der Waals surface area contributed by atoms with Gasteiger partial charge in [-0.05, 0) is 36.0 Å². The highest BCUT2D eigenvalue weighted by atomic mass is 79.9. The normalized spacial score (nSPS) is 22.6. The summed E-state index contributed by atoms with van der Waals surface area (Å²) in [5.41, 5.74) is 2.63. The molecule has 4 heteroatoms. The maximum Gasteiger partial charge on any atom is 0.0587 e. The molecule has 0 spiro atoms. The topological polar surface area (TPSA) is 24.5 Å². The second-order valence-electron chi connectivity index (χ2n) is 6.13. The van der Waals surface area contributed by atoms with Crippen molar-refractivity contribution < 1.29 is 4.74 Å². The Morgan fingerprint density at radius 1 is 1.33 bits per heavy atom. The van der Waals surface area contributed by atoms with Gasteiger partial charge in [0, 0.05) is 43.4 Å².